The highest BCUT2D eigenvalue weighted by Crippen LogP contribution is 2.21. The molecule has 9 heteroatoms. The fraction of sp³-hybridized carbons (Fsp3) is 0.412. The first-order valence-electron chi connectivity index (χ1n) is 8.02. The van der Waals surface area contributed by atoms with E-state index in [1.807, 2.05) is 0 Å². The first-order chi connectivity index (χ1) is 12.2. The predicted molar refractivity (Wildman–Crippen MR) is 94.7 cm³/mol. The Morgan fingerprint density at radius 3 is 2.62 bits per heavy atom. The molecule has 1 atom stereocenters. The van der Waals surface area contributed by atoms with Crippen LogP contribution in [-0.4, -0.2) is 47.4 Å². The fourth-order valence-electron chi connectivity index (χ4n) is 2.40. The summed E-state index contributed by atoms with van der Waals surface area (Å²) in [6.45, 7) is 4.03. The van der Waals surface area contributed by atoms with Crippen molar-refractivity contribution < 1.29 is 23.9 Å². The largest absolute Gasteiger partial charge is 0.454 e. The van der Waals surface area contributed by atoms with Crippen molar-refractivity contribution in [1.82, 2.24) is 10.2 Å². The van der Waals surface area contributed by atoms with Gasteiger partial charge in [-0.05, 0) is 44.0 Å². The molecule has 1 saturated heterocycles. The van der Waals surface area contributed by atoms with Gasteiger partial charge in [-0.25, -0.2) is 4.79 Å². The Kier molecular flexibility index (Phi) is 5.86. The molecule has 1 aliphatic rings. The van der Waals surface area contributed by atoms with Gasteiger partial charge in [0.15, 0.2) is 6.61 Å². The minimum atomic E-state index is -1.03. The van der Waals surface area contributed by atoms with Gasteiger partial charge in [0.2, 0.25) is 0 Å². The maximum Gasteiger partial charge on any atom is 0.326 e. The molecule has 2 N–H and O–H groups in total. The van der Waals surface area contributed by atoms with Crippen LogP contribution in [0, 0.1) is 6.92 Å². The summed E-state index contributed by atoms with van der Waals surface area (Å²) < 4.78 is 4.85. The van der Waals surface area contributed by atoms with E-state index in [0.29, 0.717) is 17.1 Å². The Bertz CT molecular complexity index is 767. The van der Waals surface area contributed by atoms with E-state index in [2.05, 4.69) is 10.6 Å². The van der Waals surface area contributed by atoms with Crippen molar-refractivity contribution in [1.29, 1.82) is 0 Å². The van der Waals surface area contributed by atoms with Crippen LogP contribution in [0.5, 0.6) is 0 Å². The quantitative estimate of drug-likeness (QED) is 0.578. The Morgan fingerprint density at radius 1 is 1.35 bits per heavy atom. The van der Waals surface area contributed by atoms with Crippen molar-refractivity contribution in [3.63, 3.8) is 0 Å². The Hall–Kier alpha value is -2.61. The molecule has 0 aromatic heterocycles. The molecular formula is C17H20ClN3O5. The van der Waals surface area contributed by atoms with Crippen molar-refractivity contribution in [3.8, 4) is 0 Å². The van der Waals surface area contributed by atoms with E-state index >= 15 is 0 Å². The second-order valence-corrected chi connectivity index (χ2v) is 6.61. The van der Waals surface area contributed by atoms with Crippen LogP contribution in [-0.2, 0) is 19.1 Å². The molecule has 4 amide bonds. The molecule has 0 aliphatic carbocycles. The van der Waals surface area contributed by atoms with Crippen molar-refractivity contribution in [2.45, 2.75) is 32.7 Å². The summed E-state index contributed by atoms with van der Waals surface area (Å²) in [6.07, 6.45) is 0.395. The lowest BCUT2D eigenvalue weighted by atomic mass is 9.99. The monoisotopic (exact) mass is 381 g/mol. The maximum absolute atomic E-state index is 12.2. The highest BCUT2D eigenvalue weighted by Gasteiger charge is 2.47. The van der Waals surface area contributed by atoms with E-state index in [-0.39, 0.29) is 0 Å². The molecule has 0 spiro atoms. The van der Waals surface area contributed by atoms with Crippen LogP contribution in [0.15, 0.2) is 18.2 Å². The Morgan fingerprint density at radius 2 is 2.04 bits per heavy atom. The molecule has 1 aromatic carbocycles. The van der Waals surface area contributed by atoms with E-state index < -0.39 is 42.5 Å². The van der Waals surface area contributed by atoms with Gasteiger partial charge in [0.25, 0.3) is 11.8 Å². The number of carbonyl (C=O) groups excluding carboxylic acids is 4. The predicted octanol–water partition coefficient (Wildman–Crippen LogP) is 1.85. The topological polar surface area (TPSA) is 105 Å². The number of hydrogen-bond acceptors (Lipinski definition) is 5. The van der Waals surface area contributed by atoms with Gasteiger partial charge in [0, 0.05) is 10.7 Å². The number of ether oxygens (including phenoxy) is 1. The van der Waals surface area contributed by atoms with Gasteiger partial charge >= 0.3 is 12.0 Å². The summed E-state index contributed by atoms with van der Waals surface area (Å²) >= 11 is 5.84. The summed E-state index contributed by atoms with van der Waals surface area (Å²) in [5, 5.41) is 5.67. The van der Waals surface area contributed by atoms with Crippen LogP contribution < -0.4 is 10.6 Å². The van der Waals surface area contributed by atoms with E-state index in [1.54, 1.807) is 39.0 Å². The second kappa shape index (κ2) is 7.74. The number of amides is 4. The van der Waals surface area contributed by atoms with Crippen molar-refractivity contribution in [3.05, 3.63) is 28.8 Å². The molecule has 0 radical (unpaired) electrons. The number of urea groups is 1. The minimum Gasteiger partial charge on any atom is -0.454 e. The number of nitrogens with zero attached hydrogens (tertiary/aromatic N) is 1. The molecule has 0 saturated carbocycles. The molecule has 140 valence electrons. The number of imide groups is 1. The summed E-state index contributed by atoms with van der Waals surface area (Å²) in [6, 6.07) is 4.29. The van der Waals surface area contributed by atoms with Gasteiger partial charge in [-0.15, -0.1) is 0 Å². The Labute approximate surface area is 155 Å². The van der Waals surface area contributed by atoms with E-state index in [0.717, 1.165) is 10.5 Å². The molecule has 1 aromatic rings. The summed E-state index contributed by atoms with van der Waals surface area (Å²) in [5.74, 6) is -1.89. The minimum absolute atomic E-state index is 0.395. The second-order valence-electron chi connectivity index (χ2n) is 6.18. The number of halogens is 1. The van der Waals surface area contributed by atoms with Crippen molar-refractivity contribution in [2.75, 3.05) is 18.5 Å². The average Bonchev–Trinajstić information content (AvgIpc) is 2.79. The molecule has 1 aliphatic heterocycles. The van der Waals surface area contributed by atoms with Crippen LogP contribution >= 0.6 is 11.6 Å². The number of aryl methyl sites for hydroxylation is 1. The lowest BCUT2D eigenvalue weighted by molar-refractivity contribution is -0.150. The van der Waals surface area contributed by atoms with Gasteiger partial charge in [-0.2, -0.15) is 0 Å². The van der Waals surface area contributed by atoms with Gasteiger partial charge in [-0.3, -0.25) is 19.3 Å². The number of carbonyl (C=O) groups is 4. The van der Waals surface area contributed by atoms with Gasteiger partial charge < -0.3 is 15.4 Å². The van der Waals surface area contributed by atoms with Gasteiger partial charge in [0.1, 0.15) is 12.1 Å². The zero-order valence-corrected chi connectivity index (χ0v) is 15.5. The average molecular weight is 382 g/mol. The number of rotatable bonds is 6. The molecule has 8 nitrogen and oxygen atoms in total. The molecule has 0 bridgehead atoms. The van der Waals surface area contributed by atoms with Gasteiger partial charge in [-0.1, -0.05) is 18.5 Å². The Balaban J connectivity index is 1.86. The third-order valence-corrected chi connectivity index (χ3v) is 4.40. The number of anilines is 1. The van der Waals surface area contributed by atoms with Crippen LogP contribution in [0.1, 0.15) is 25.8 Å². The molecule has 26 heavy (non-hydrogen) atoms. The highest BCUT2D eigenvalue weighted by atomic mass is 35.5. The van der Waals surface area contributed by atoms with Crippen LogP contribution in [0.2, 0.25) is 5.02 Å². The fourth-order valence-corrected chi connectivity index (χ4v) is 2.63. The highest BCUT2D eigenvalue weighted by molar-refractivity contribution is 6.30. The number of esters is 1. The van der Waals surface area contributed by atoms with E-state index in [1.165, 1.54) is 0 Å². The standard InChI is InChI=1S/C17H20ClN3O5/c1-4-17(3)15(24)21(16(25)20-17)8-14(23)26-9-13(22)19-12-6-5-11(18)7-10(12)2/h5-7H,4,8-9H2,1-3H3,(H,19,22)(H,20,25)/t17-/m0/s1. The maximum atomic E-state index is 12.2. The first-order valence-corrected chi connectivity index (χ1v) is 8.40. The molecule has 1 heterocycles. The zero-order valence-electron chi connectivity index (χ0n) is 14.7. The SMILES string of the molecule is CC[C@]1(C)NC(=O)N(CC(=O)OCC(=O)Nc2ccc(Cl)cc2C)C1=O. The van der Waals surface area contributed by atoms with Crippen LogP contribution in [0.4, 0.5) is 10.5 Å². The molecule has 1 fully saturated rings. The first kappa shape index (κ1) is 19.7. The zero-order chi connectivity index (χ0) is 19.5. The number of benzene rings is 1. The van der Waals surface area contributed by atoms with E-state index in [9.17, 15) is 19.2 Å². The van der Waals surface area contributed by atoms with Gasteiger partial charge in [0.05, 0.1) is 0 Å². The van der Waals surface area contributed by atoms with Crippen LogP contribution in [0.25, 0.3) is 0 Å². The normalized spacial score (nSPS) is 19.3. The smallest absolute Gasteiger partial charge is 0.326 e. The third-order valence-electron chi connectivity index (χ3n) is 4.17. The van der Waals surface area contributed by atoms with E-state index in [4.69, 9.17) is 16.3 Å². The number of hydrogen-bond donors (Lipinski definition) is 2. The lowest BCUT2D eigenvalue weighted by Crippen LogP contribution is -2.43. The summed E-state index contributed by atoms with van der Waals surface area (Å²) in [7, 11) is 0. The molecule has 0 unspecified atom stereocenters. The van der Waals surface area contributed by atoms with Crippen molar-refractivity contribution >= 4 is 41.1 Å². The molecule has 2 rings (SSSR count). The van der Waals surface area contributed by atoms with Crippen molar-refractivity contribution in [2.24, 2.45) is 0 Å². The summed E-state index contributed by atoms with van der Waals surface area (Å²) in [4.78, 5) is 48.6. The number of nitrogens with one attached hydrogen (secondary N) is 2. The lowest BCUT2D eigenvalue weighted by Gasteiger charge is -2.18. The van der Waals surface area contributed by atoms with Crippen LogP contribution in [0.3, 0.4) is 0 Å². The summed E-state index contributed by atoms with van der Waals surface area (Å²) in [5.41, 5.74) is 0.277. The third kappa shape index (κ3) is 4.32. The molecular weight excluding hydrogens is 362 g/mol.